The van der Waals surface area contributed by atoms with Crippen LogP contribution in [0.25, 0.3) is 11.3 Å². The summed E-state index contributed by atoms with van der Waals surface area (Å²) in [5.41, 5.74) is 6.89. The van der Waals surface area contributed by atoms with Crippen LogP contribution in [0.15, 0.2) is 36.4 Å². The van der Waals surface area contributed by atoms with Gasteiger partial charge in [0.05, 0.1) is 11.4 Å². The summed E-state index contributed by atoms with van der Waals surface area (Å²) in [5, 5.41) is 3.88. The van der Waals surface area contributed by atoms with E-state index in [9.17, 15) is 8.42 Å². The van der Waals surface area contributed by atoms with Crippen molar-refractivity contribution in [3.63, 3.8) is 0 Å². The zero-order valence-electron chi connectivity index (χ0n) is 10.1. The van der Waals surface area contributed by atoms with Gasteiger partial charge in [-0.25, -0.2) is 8.42 Å². The van der Waals surface area contributed by atoms with E-state index in [-0.39, 0.29) is 11.6 Å². The number of aromatic nitrogens is 2. The first kappa shape index (κ1) is 12.6. The molecule has 2 N–H and O–H groups in total. The molecule has 0 aliphatic heterocycles. The Kier molecular flexibility index (Phi) is 3.38. The molecule has 1 aromatic carbocycles. The molecule has 0 atom stereocenters. The lowest BCUT2D eigenvalue weighted by Gasteiger charge is -2.07. The minimum absolute atomic E-state index is 0.0496. The number of nitrogens with two attached hydrogens (primary N) is 1. The molecule has 0 radical (unpaired) electrons. The van der Waals surface area contributed by atoms with Gasteiger partial charge in [-0.2, -0.15) is 4.09 Å². The summed E-state index contributed by atoms with van der Waals surface area (Å²) in [5.74, 6) is 0.252. The monoisotopic (exact) mass is 265 g/mol. The number of nitrogens with zero attached hydrogens (tertiary/aromatic N) is 2. The van der Waals surface area contributed by atoms with Gasteiger partial charge >= 0.3 is 0 Å². The third-order valence-electron chi connectivity index (χ3n) is 2.49. The number of rotatable bonds is 4. The lowest BCUT2D eigenvalue weighted by Crippen LogP contribution is -2.18. The topological polar surface area (TPSA) is 78.0 Å². The third-order valence-corrected chi connectivity index (χ3v) is 4.22. The molecule has 0 saturated carbocycles. The first-order chi connectivity index (χ1) is 8.54. The van der Waals surface area contributed by atoms with Crippen LogP contribution in [0.3, 0.4) is 0 Å². The highest BCUT2D eigenvalue weighted by Gasteiger charge is 2.19. The molecular weight excluding hydrogens is 250 g/mol. The van der Waals surface area contributed by atoms with E-state index in [1.165, 1.54) is 0 Å². The molecule has 0 amide bonds. The molecule has 0 spiro atoms. The number of benzene rings is 1. The molecule has 0 fully saturated rings. The van der Waals surface area contributed by atoms with Gasteiger partial charge in [-0.1, -0.05) is 37.3 Å². The van der Waals surface area contributed by atoms with E-state index in [0.717, 1.165) is 9.65 Å². The summed E-state index contributed by atoms with van der Waals surface area (Å²) >= 11 is 0. The van der Waals surface area contributed by atoms with Crippen molar-refractivity contribution >= 4 is 15.8 Å². The van der Waals surface area contributed by atoms with Crippen LogP contribution in [0, 0.1) is 0 Å². The fourth-order valence-corrected chi connectivity index (χ4v) is 3.11. The summed E-state index contributed by atoms with van der Waals surface area (Å²) < 4.78 is 25.2. The van der Waals surface area contributed by atoms with Gasteiger partial charge in [0.15, 0.2) is 0 Å². The zero-order valence-corrected chi connectivity index (χ0v) is 10.9. The average Bonchev–Trinajstić information content (AvgIpc) is 2.73. The highest BCUT2D eigenvalue weighted by Crippen LogP contribution is 2.23. The Bertz CT molecular complexity index is 633. The van der Waals surface area contributed by atoms with Gasteiger partial charge in [0.25, 0.3) is 10.0 Å². The second-order valence-corrected chi connectivity index (χ2v) is 5.90. The molecule has 1 heterocycles. The number of hydrogen-bond donors (Lipinski definition) is 1. The Labute approximate surface area is 106 Å². The van der Waals surface area contributed by atoms with Gasteiger partial charge < -0.3 is 5.73 Å². The van der Waals surface area contributed by atoms with E-state index < -0.39 is 10.0 Å². The van der Waals surface area contributed by atoms with Crippen molar-refractivity contribution in [1.29, 1.82) is 0 Å². The van der Waals surface area contributed by atoms with E-state index in [4.69, 9.17) is 5.73 Å². The lowest BCUT2D eigenvalue weighted by molar-refractivity contribution is 0.579. The number of hydrogen-bond acceptors (Lipinski definition) is 4. The normalized spacial score (nSPS) is 11.6. The van der Waals surface area contributed by atoms with Gasteiger partial charge in [0, 0.05) is 11.6 Å². The van der Waals surface area contributed by atoms with E-state index in [1.807, 2.05) is 37.3 Å². The van der Waals surface area contributed by atoms with E-state index >= 15 is 0 Å². The van der Waals surface area contributed by atoms with Gasteiger partial charge in [-0.15, -0.1) is 5.10 Å². The average molecular weight is 265 g/mol. The van der Waals surface area contributed by atoms with Crippen molar-refractivity contribution in [3.8, 4) is 11.3 Å². The minimum Gasteiger partial charge on any atom is -0.382 e. The van der Waals surface area contributed by atoms with E-state index in [1.54, 1.807) is 6.07 Å². The molecule has 0 saturated heterocycles. The highest BCUT2D eigenvalue weighted by atomic mass is 32.2. The molecule has 6 heteroatoms. The van der Waals surface area contributed by atoms with Crippen LogP contribution in [-0.2, 0) is 10.0 Å². The summed E-state index contributed by atoms with van der Waals surface area (Å²) in [6.07, 6.45) is 0.538. The number of nitrogen functional groups attached to an aromatic ring is 1. The predicted octanol–water partition coefficient (Wildman–Crippen LogP) is 1.72. The highest BCUT2D eigenvalue weighted by molar-refractivity contribution is 7.89. The molecule has 0 bridgehead atoms. The summed E-state index contributed by atoms with van der Waals surface area (Å²) in [7, 11) is -3.44. The molecule has 0 aliphatic rings. The van der Waals surface area contributed by atoms with Gasteiger partial charge in [0.2, 0.25) is 0 Å². The largest absolute Gasteiger partial charge is 0.382 e. The molecular formula is C12H15N3O2S. The summed E-state index contributed by atoms with van der Waals surface area (Å²) in [4.78, 5) is 0. The zero-order chi connectivity index (χ0) is 13.2. The van der Waals surface area contributed by atoms with E-state index in [0.29, 0.717) is 12.1 Å². The molecule has 2 rings (SSSR count). The SMILES string of the molecule is CCCS(=O)(=O)n1nc(N)cc1-c1ccccc1. The van der Waals surface area contributed by atoms with Crippen molar-refractivity contribution in [3.05, 3.63) is 36.4 Å². The Hall–Kier alpha value is -1.82. The third kappa shape index (κ3) is 2.38. The maximum absolute atomic E-state index is 12.1. The Morgan fingerprint density at radius 3 is 2.56 bits per heavy atom. The van der Waals surface area contributed by atoms with Crippen LogP contribution < -0.4 is 5.73 Å². The Morgan fingerprint density at radius 2 is 1.94 bits per heavy atom. The van der Waals surface area contributed by atoms with Crippen LogP contribution in [0.1, 0.15) is 13.3 Å². The molecule has 5 nitrogen and oxygen atoms in total. The van der Waals surface area contributed by atoms with Crippen LogP contribution in [0.4, 0.5) is 5.82 Å². The fraction of sp³-hybridized carbons (Fsp3) is 0.250. The fourth-order valence-electron chi connectivity index (χ4n) is 1.74. The summed E-state index contributed by atoms with van der Waals surface area (Å²) in [6, 6.07) is 10.8. The second-order valence-electron chi connectivity index (χ2n) is 3.98. The van der Waals surface area contributed by atoms with Crippen molar-refractivity contribution < 1.29 is 8.42 Å². The lowest BCUT2D eigenvalue weighted by atomic mass is 10.2. The maximum atomic E-state index is 12.1. The molecule has 18 heavy (non-hydrogen) atoms. The van der Waals surface area contributed by atoms with E-state index in [2.05, 4.69) is 5.10 Å². The first-order valence-corrected chi connectivity index (χ1v) is 7.29. The van der Waals surface area contributed by atoms with Crippen molar-refractivity contribution in [2.75, 3.05) is 11.5 Å². The Morgan fingerprint density at radius 1 is 1.28 bits per heavy atom. The summed E-state index contributed by atoms with van der Waals surface area (Å²) in [6.45, 7) is 1.81. The smallest absolute Gasteiger partial charge is 0.254 e. The standard InChI is InChI=1S/C12H15N3O2S/c1-2-8-18(16,17)15-11(9-12(13)14-15)10-6-4-3-5-7-10/h3-7,9H,2,8H2,1H3,(H2,13,14). The van der Waals surface area contributed by atoms with Crippen LogP contribution in [0.5, 0.6) is 0 Å². The van der Waals surface area contributed by atoms with Crippen molar-refractivity contribution in [2.24, 2.45) is 0 Å². The van der Waals surface area contributed by atoms with Gasteiger partial charge in [-0.05, 0) is 6.42 Å². The van der Waals surface area contributed by atoms with Gasteiger partial charge in [0.1, 0.15) is 5.82 Å². The predicted molar refractivity (Wildman–Crippen MR) is 71.6 cm³/mol. The Balaban J connectivity index is 2.57. The molecule has 0 aliphatic carbocycles. The van der Waals surface area contributed by atoms with Gasteiger partial charge in [-0.3, -0.25) is 0 Å². The minimum atomic E-state index is -3.44. The molecule has 96 valence electrons. The second kappa shape index (κ2) is 4.81. The molecule has 1 aromatic heterocycles. The first-order valence-electron chi connectivity index (χ1n) is 5.69. The van der Waals surface area contributed by atoms with Crippen LogP contribution >= 0.6 is 0 Å². The quantitative estimate of drug-likeness (QED) is 0.913. The number of anilines is 1. The van der Waals surface area contributed by atoms with Crippen LogP contribution in [0.2, 0.25) is 0 Å². The molecule has 0 unspecified atom stereocenters. The molecule has 2 aromatic rings. The van der Waals surface area contributed by atoms with Crippen LogP contribution in [-0.4, -0.2) is 23.4 Å². The van der Waals surface area contributed by atoms with Crippen molar-refractivity contribution in [2.45, 2.75) is 13.3 Å². The maximum Gasteiger partial charge on any atom is 0.254 e. The van der Waals surface area contributed by atoms with Crippen molar-refractivity contribution in [1.82, 2.24) is 9.19 Å².